The van der Waals surface area contributed by atoms with E-state index in [1.807, 2.05) is 6.20 Å². The molecule has 120 valence electrons. The zero-order valence-electron chi connectivity index (χ0n) is 14.3. The Balaban J connectivity index is 2.40. The minimum atomic E-state index is 0.589. The largest absolute Gasteiger partial charge is 0.314 e. The van der Waals surface area contributed by atoms with Gasteiger partial charge in [-0.15, -0.1) is 0 Å². The second kappa shape index (κ2) is 11.7. The van der Waals surface area contributed by atoms with Crippen molar-refractivity contribution >= 4 is 0 Å². The lowest BCUT2D eigenvalue weighted by atomic mass is 10.0. The second-order valence-electron chi connectivity index (χ2n) is 6.07. The molecule has 1 aromatic rings. The third-order valence-electron chi connectivity index (χ3n) is 4.09. The van der Waals surface area contributed by atoms with E-state index in [0.29, 0.717) is 6.04 Å². The molecule has 1 atom stereocenters. The van der Waals surface area contributed by atoms with E-state index in [1.165, 1.54) is 56.2 Å². The Morgan fingerprint density at radius 3 is 2.43 bits per heavy atom. The summed E-state index contributed by atoms with van der Waals surface area (Å²) in [7, 11) is 0. The van der Waals surface area contributed by atoms with Crippen molar-refractivity contribution in [2.75, 3.05) is 6.54 Å². The van der Waals surface area contributed by atoms with E-state index in [-0.39, 0.29) is 0 Å². The molecule has 0 spiro atoms. The third kappa shape index (κ3) is 8.21. The highest BCUT2D eigenvalue weighted by Crippen LogP contribution is 2.11. The van der Waals surface area contributed by atoms with Crippen LogP contribution in [-0.4, -0.2) is 17.6 Å². The van der Waals surface area contributed by atoms with Crippen LogP contribution in [-0.2, 0) is 12.8 Å². The van der Waals surface area contributed by atoms with Crippen molar-refractivity contribution in [3.8, 4) is 0 Å². The van der Waals surface area contributed by atoms with Crippen LogP contribution in [0.15, 0.2) is 18.3 Å². The molecule has 21 heavy (non-hydrogen) atoms. The van der Waals surface area contributed by atoms with Gasteiger partial charge in [0, 0.05) is 24.4 Å². The highest BCUT2D eigenvalue weighted by Gasteiger charge is 2.09. The van der Waals surface area contributed by atoms with Crippen molar-refractivity contribution in [1.82, 2.24) is 10.3 Å². The van der Waals surface area contributed by atoms with Gasteiger partial charge in [-0.2, -0.15) is 0 Å². The van der Waals surface area contributed by atoms with Gasteiger partial charge in [0.25, 0.3) is 0 Å². The molecule has 1 N–H and O–H groups in total. The number of nitrogens with one attached hydrogen (secondary N) is 1. The lowest BCUT2D eigenvalue weighted by Gasteiger charge is -2.18. The molecule has 2 heteroatoms. The van der Waals surface area contributed by atoms with E-state index < -0.39 is 0 Å². The first-order chi connectivity index (χ1) is 10.3. The first-order valence-corrected chi connectivity index (χ1v) is 8.97. The molecule has 1 rings (SSSR count). The molecule has 1 aromatic heterocycles. The van der Waals surface area contributed by atoms with Crippen molar-refractivity contribution in [1.29, 1.82) is 0 Å². The first kappa shape index (κ1) is 18.2. The van der Waals surface area contributed by atoms with Gasteiger partial charge in [-0.25, -0.2) is 0 Å². The number of pyridine rings is 1. The summed E-state index contributed by atoms with van der Waals surface area (Å²) in [6, 6.07) is 5.02. The maximum Gasteiger partial charge on any atom is 0.0419 e. The van der Waals surface area contributed by atoms with Crippen LogP contribution in [0.1, 0.15) is 77.0 Å². The van der Waals surface area contributed by atoms with Crippen LogP contribution in [0.3, 0.4) is 0 Å². The van der Waals surface area contributed by atoms with Gasteiger partial charge in [-0.05, 0) is 37.4 Å². The molecule has 0 radical (unpaired) electrons. The quantitative estimate of drug-likeness (QED) is 0.553. The van der Waals surface area contributed by atoms with Gasteiger partial charge in [0.1, 0.15) is 0 Å². The van der Waals surface area contributed by atoms with Crippen molar-refractivity contribution in [2.24, 2.45) is 0 Å². The monoisotopic (exact) mass is 290 g/mol. The van der Waals surface area contributed by atoms with E-state index in [9.17, 15) is 0 Å². The number of hydrogen-bond donors (Lipinski definition) is 1. The highest BCUT2D eigenvalue weighted by molar-refractivity contribution is 5.14. The third-order valence-corrected chi connectivity index (χ3v) is 4.09. The fourth-order valence-electron chi connectivity index (χ4n) is 2.66. The van der Waals surface area contributed by atoms with Gasteiger partial charge < -0.3 is 5.32 Å². The van der Waals surface area contributed by atoms with Gasteiger partial charge >= 0.3 is 0 Å². The summed E-state index contributed by atoms with van der Waals surface area (Å²) in [5, 5.41) is 3.70. The highest BCUT2D eigenvalue weighted by atomic mass is 14.9. The molecule has 0 fully saturated rings. The second-order valence-corrected chi connectivity index (χ2v) is 6.07. The minimum absolute atomic E-state index is 0.589. The molecular formula is C19H34N2. The minimum Gasteiger partial charge on any atom is -0.314 e. The summed E-state index contributed by atoms with van der Waals surface area (Å²) in [6.07, 6.45) is 13.5. The maximum absolute atomic E-state index is 4.62. The van der Waals surface area contributed by atoms with Crippen molar-refractivity contribution in [3.05, 3.63) is 29.6 Å². The van der Waals surface area contributed by atoms with Gasteiger partial charge in [-0.1, -0.05) is 58.9 Å². The van der Waals surface area contributed by atoms with Crippen molar-refractivity contribution in [3.63, 3.8) is 0 Å². The van der Waals surface area contributed by atoms with E-state index in [1.54, 1.807) is 0 Å². The Labute approximate surface area is 131 Å². The van der Waals surface area contributed by atoms with Gasteiger partial charge in [0.15, 0.2) is 0 Å². The topological polar surface area (TPSA) is 24.9 Å². The molecule has 0 bridgehead atoms. The van der Waals surface area contributed by atoms with Gasteiger partial charge in [0.05, 0.1) is 0 Å². The fourth-order valence-corrected chi connectivity index (χ4v) is 2.66. The average Bonchev–Trinajstić information content (AvgIpc) is 2.52. The van der Waals surface area contributed by atoms with Crippen LogP contribution >= 0.6 is 0 Å². The number of unbranched alkanes of at least 4 members (excludes halogenated alkanes) is 4. The molecule has 0 aliphatic rings. The van der Waals surface area contributed by atoms with Crippen molar-refractivity contribution < 1.29 is 0 Å². The molecular weight excluding hydrogens is 256 g/mol. The Morgan fingerprint density at radius 1 is 1.00 bits per heavy atom. The van der Waals surface area contributed by atoms with Crippen LogP contribution in [0.25, 0.3) is 0 Å². The summed E-state index contributed by atoms with van der Waals surface area (Å²) in [5.74, 6) is 0. The molecule has 1 unspecified atom stereocenters. The SMILES string of the molecule is CCCCCCCC(Cc1ccc(CC)cn1)NCCC. The summed E-state index contributed by atoms with van der Waals surface area (Å²) in [5.41, 5.74) is 2.56. The van der Waals surface area contributed by atoms with Crippen LogP contribution in [0.4, 0.5) is 0 Å². The molecule has 0 saturated carbocycles. The zero-order valence-corrected chi connectivity index (χ0v) is 14.3. The molecule has 0 amide bonds. The molecule has 2 nitrogen and oxygen atoms in total. The van der Waals surface area contributed by atoms with Gasteiger partial charge in [0.2, 0.25) is 0 Å². The first-order valence-electron chi connectivity index (χ1n) is 8.97. The number of aromatic nitrogens is 1. The molecule has 0 aromatic carbocycles. The van der Waals surface area contributed by atoms with Crippen molar-refractivity contribution in [2.45, 2.75) is 84.6 Å². The standard InChI is InChI=1S/C19H34N2/c1-4-7-8-9-10-11-18(20-14-5-2)15-19-13-12-17(6-3)16-21-19/h12-13,16,18,20H,4-11,14-15H2,1-3H3. The number of aryl methyl sites for hydroxylation is 1. The van der Waals surface area contributed by atoms with E-state index in [0.717, 1.165) is 19.4 Å². The normalized spacial score (nSPS) is 12.5. The summed E-state index contributed by atoms with van der Waals surface area (Å²) in [6.45, 7) is 7.81. The summed E-state index contributed by atoms with van der Waals surface area (Å²) < 4.78 is 0. The van der Waals surface area contributed by atoms with E-state index >= 15 is 0 Å². The predicted molar refractivity (Wildman–Crippen MR) is 92.8 cm³/mol. The lowest BCUT2D eigenvalue weighted by Crippen LogP contribution is -2.32. The Hall–Kier alpha value is -0.890. The van der Waals surface area contributed by atoms with Crippen LogP contribution in [0, 0.1) is 0 Å². The smallest absolute Gasteiger partial charge is 0.0419 e. The van der Waals surface area contributed by atoms with Crippen LogP contribution in [0.2, 0.25) is 0 Å². The Morgan fingerprint density at radius 2 is 1.81 bits per heavy atom. The van der Waals surface area contributed by atoms with Crippen LogP contribution in [0.5, 0.6) is 0 Å². The van der Waals surface area contributed by atoms with Gasteiger partial charge in [-0.3, -0.25) is 4.98 Å². The predicted octanol–water partition coefficient (Wildman–Crippen LogP) is 4.92. The fraction of sp³-hybridized carbons (Fsp3) is 0.737. The molecule has 0 saturated heterocycles. The summed E-state index contributed by atoms with van der Waals surface area (Å²) >= 11 is 0. The number of nitrogens with zero attached hydrogens (tertiary/aromatic N) is 1. The number of hydrogen-bond acceptors (Lipinski definition) is 2. The van der Waals surface area contributed by atoms with Crippen LogP contribution < -0.4 is 5.32 Å². The van der Waals surface area contributed by atoms with E-state index in [2.05, 4.69) is 43.2 Å². The molecule has 1 heterocycles. The number of rotatable bonds is 12. The Kier molecular flexibility index (Phi) is 10.1. The van der Waals surface area contributed by atoms with E-state index in [4.69, 9.17) is 0 Å². The lowest BCUT2D eigenvalue weighted by molar-refractivity contribution is 0.448. The zero-order chi connectivity index (χ0) is 15.3. The summed E-state index contributed by atoms with van der Waals surface area (Å²) in [4.78, 5) is 4.62. The maximum atomic E-state index is 4.62. The Bertz CT molecular complexity index is 345. The molecule has 0 aliphatic carbocycles. The molecule has 0 aliphatic heterocycles. The average molecular weight is 290 g/mol.